The molecule has 1 fully saturated rings. The Labute approximate surface area is 159 Å². The minimum Gasteiger partial charge on any atom is -0.352 e. The Morgan fingerprint density at radius 2 is 2.12 bits per heavy atom. The third-order valence-corrected chi connectivity index (χ3v) is 6.33. The molecular formula is C19H27N5OS. The van der Waals surface area contributed by atoms with Crippen LogP contribution in [0.25, 0.3) is 5.69 Å². The van der Waals surface area contributed by atoms with Crippen LogP contribution in [0.4, 0.5) is 0 Å². The van der Waals surface area contributed by atoms with Crippen molar-refractivity contribution in [1.29, 1.82) is 0 Å². The maximum absolute atomic E-state index is 12.4. The van der Waals surface area contributed by atoms with Crippen molar-refractivity contribution in [3.05, 3.63) is 29.3 Å². The molecule has 1 aliphatic rings. The van der Waals surface area contributed by atoms with Crippen molar-refractivity contribution < 1.29 is 4.79 Å². The molecule has 0 bridgehead atoms. The highest BCUT2D eigenvalue weighted by Crippen LogP contribution is 2.29. The van der Waals surface area contributed by atoms with Crippen LogP contribution in [0, 0.1) is 25.7 Å². The number of carbonyl (C=O) groups excluding carboxylic acids is 1. The standard InChI is InChI=1S/C19H27N5OS/c1-12-8-9-17(14(3)10-12)24-19(21-22-23-24)26-11-18(25)20-16-7-5-6-13(2)15(16)4/h8-10,13,15-16H,5-7,11H2,1-4H3,(H,20,25)/t13-,15-,16+/m0/s1. The summed E-state index contributed by atoms with van der Waals surface area (Å²) in [6.07, 6.45) is 3.52. The number of nitrogens with zero attached hydrogens (tertiary/aromatic N) is 4. The molecule has 0 unspecified atom stereocenters. The predicted molar refractivity (Wildman–Crippen MR) is 103 cm³/mol. The Morgan fingerprint density at radius 1 is 1.31 bits per heavy atom. The van der Waals surface area contributed by atoms with E-state index >= 15 is 0 Å². The Morgan fingerprint density at radius 3 is 2.88 bits per heavy atom. The molecule has 1 heterocycles. The van der Waals surface area contributed by atoms with E-state index in [0.29, 0.717) is 22.7 Å². The van der Waals surface area contributed by atoms with Crippen LogP contribution < -0.4 is 5.32 Å². The summed E-state index contributed by atoms with van der Waals surface area (Å²) in [7, 11) is 0. The van der Waals surface area contributed by atoms with Gasteiger partial charge in [0.15, 0.2) is 0 Å². The Kier molecular flexibility index (Phi) is 5.96. The zero-order valence-corrected chi connectivity index (χ0v) is 16.7. The van der Waals surface area contributed by atoms with E-state index in [9.17, 15) is 4.79 Å². The van der Waals surface area contributed by atoms with E-state index in [1.54, 1.807) is 4.68 Å². The molecular weight excluding hydrogens is 346 g/mol. The van der Waals surface area contributed by atoms with Crippen molar-refractivity contribution in [1.82, 2.24) is 25.5 Å². The smallest absolute Gasteiger partial charge is 0.230 e. The summed E-state index contributed by atoms with van der Waals surface area (Å²) in [5.41, 5.74) is 3.25. The fourth-order valence-corrected chi connectivity index (χ4v) is 4.32. The number of rotatable bonds is 5. The summed E-state index contributed by atoms with van der Waals surface area (Å²) in [6.45, 7) is 8.61. The summed E-state index contributed by atoms with van der Waals surface area (Å²) >= 11 is 1.37. The SMILES string of the molecule is Cc1ccc(-n2nnnc2SCC(=O)N[C@@H]2CCC[C@H](C)[C@@H]2C)c(C)c1. The first-order chi connectivity index (χ1) is 12.5. The minimum atomic E-state index is 0.0520. The topological polar surface area (TPSA) is 72.7 Å². The molecule has 1 saturated carbocycles. The second-order valence-electron chi connectivity index (χ2n) is 7.39. The molecule has 0 radical (unpaired) electrons. The van der Waals surface area contributed by atoms with Crippen molar-refractivity contribution >= 4 is 17.7 Å². The van der Waals surface area contributed by atoms with Gasteiger partial charge in [0.25, 0.3) is 0 Å². The summed E-state index contributed by atoms with van der Waals surface area (Å²) in [6, 6.07) is 6.43. The van der Waals surface area contributed by atoms with Crippen molar-refractivity contribution in [2.24, 2.45) is 11.8 Å². The van der Waals surface area contributed by atoms with Crippen LogP contribution in [0.2, 0.25) is 0 Å². The van der Waals surface area contributed by atoms with Gasteiger partial charge in [0, 0.05) is 6.04 Å². The van der Waals surface area contributed by atoms with Gasteiger partial charge >= 0.3 is 0 Å². The van der Waals surface area contributed by atoms with Gasteiger partial charge in [-0.1, -0.05) is 56.1 Å². The van der Waals surface area contributed by atoms with Gasteiger partial charge in [0.1, 0.15) is 0 Å². The molecule has 7 heteroatoms. The molecule has 1 aromatic heterocycles. The van der Waals surface area contributed by atoms with Crippen LogP contribution in [0.15, 0.2) is 23.4 Å². The summed E-state index contributed by atoms with van der Waals surface area (Å²) in [5, 5.41) is 15.8. The van der Waals surface area contributed by atoms with Gasteiger partial charge < -0.3 is 5.32 Å². The van der Waals surface area contributed by atoms with Gasteiger partial charge in [-0.05, 0) is 54.2 Å². The lowest BCUT2D eigenvalue weighted by Gasteiger charge is -2.34. The van der Waals surface area contributed by atoms with Crippen LogP contribution in [-0.4, -0.2) is 37.9 Å². The van der Waals surface area contributed by atoms with Crippen molar-refractivity contribution in [3.63, 3.8) is 0 Å². The lowest BCUT2D eigenvalue weighted by atomic mass is 9.78. The molecule has 0 saturated heterocycles. The largest absolute Gasteiger partial charge is 0.352 e. The molecule has 6 nitrogen and oxygen atoms in total. The number of tetrazole rings is 1. The van der Waals surface area contributed by atoms with Crippen LogP contribution >= 0.6 is 11.8 Å². The molecule has 3 rings (SSSR count). The maximum Gasteiger partial charge on any atom is 0.230 e. The number of benzene rings is 1. The quantitative estimate of drug-likeness (QED) is 0.814. The van der Waals surface area contributed by atoms with Crippen molar-refractivity contribution in [2.45, 2.75) is 58.2 Å². The van der Waals surface area contributed by atoms with Crippen LogP contribution in [0.1, 0.15) is 44.2 Å². The predicted octanol–water partition coefficient (Wildman–Crippen LogP) is 3.31. The fraction of sp³-hybridized carbons (Fsp3) is 0.579. The zero-order valence-electron chi connectivity index (χ0n) is 15.9. The number of amides is 1. The van der Waals surface area contributed by atoms with Crippen molar-refractivity contribution in [2.75, 3.05) is 5.75 Å². The van der Waals surface area contributed by atoms with Gasteiger partial charge in [-0.25, -0.2) is 0 Å². The van der Waals surface area contributed by atoms with Gasteiger partial charge in [-0.2, -0.15) is 4.68 Å². The van der Waals surface area contributed by atoms with E-state index in [4.69, 9.17) is 0 Å². The third kappa shape index (κ3) is 4.26. The average Bonchev–Trinajstić information content (AvgIpc) is 3.05. The Balaban J connectivity index is 1.62. The molecule has 1 aliphatic carbocycles. The van der Waals surface area contributed by atoms with Gasteiger partial charge in [-0.15, -0.1) is 5.10 Å². The third-order valence-electron chi connectivity index (χ3n) is 5.41. The molecule has 1 amide bonds. The molecule has 0 aliphatic heterocycles. The fourth-order valence-electron chi connectivity index (χ4n) is 3.63. The summed E-state index contributed by atoms with van der Waals surface area (Å²) < 4.78 is 1.71. The van der Waals surface area contributed by atoms with E-state index in [-0.39, 0.29) is 11.9 Å². The highest BCUT2D eigenvalue weighted by molar-refractivity contribution is 7.99. The van der Waals surface area contributed by atoms with E-state index in [2.05, 4.69) is 47.7 Å². The number of aryl methyl sites for hydroxylation is 2. The molecule has 0 spiro atoms. The summed E-state index contributed by atoms with van der Waals surface area (Å²) in [4.78, 5) is 12.4. The number of aromatic nitrogens is 4. The second-order valence-corrected chi connectivity index (χ2v) is 8.34. The second kappa shape index (κ2) is 8.20. The zero-order chi connectivity index (χ0) is 18.7. The van der Waals surface area contributed by atoms with Crippen LogP contribution in [0.3, 0.4) is 0 Å². The van der Waals surface area contributed by atoms with E-state index in [1.807, 2.05) is 19.1 Å². The maximum atomic E-state index is 12.4. The molecule has 140 valence electrons. The van der Waals surface area contributed by atoms with E-state index in [1.165, 1.54) is 30.2 Å². The first-order valence-electron chi connectivity index (χ1n) is 9.24. The van der Waals surface area contributed by atoms with Crippen LogP contribution in [0.5, 0.6) is 0 Å². The molecule has 2 aromatic rings. The number of thioether (sulfide) groups is 1. The average molecular weight is 374 g/mol. The number of nitrogens with one attached hydrogen (secondary N) is 1. The number of hydrogen-bond acceptors (Lipinski definition) is 5. The normalized spacial score (nSPS) is 23.0. The Bertz CT molecular complexity index is 775. The highest BCUT2D eigenvalue weighted by Gasteiger charge is 2.28. The van der Waals surface area contributed by atoms with Gasteiger partial charge in [0.05, 0.1) is 11.4 Å². The first-order valence-corrected chi connectivity index (χ1v) is 10.2. The number of carbonyl (C=O) groups is 1. The molecule has 1 N–H and O–H groups in total. The molecule has 1 aromatic carbocycles. The lowest BCUT2D eigenvalue weighted by molar-refractivity contribution is -0.120. The van der Waals surface area contributed by atoms with Crippen LogP contribution in [-0.2, 0) is 4.79 Å². The number of hydrogen-bond donors (Lipinski definition) is 1. The minimum absolute atomic E-state index is 0.0520. The molecule has 26 heavy (non-hydrogen) atoms. The van der Waals surface area contributed by atoms with E-state index in [0.717, 1.165) is 17.7 Å². The van der Waals surface area contributed by atoms with Gasteiger partial charge in [-0.3, -0.25) is 4.79 Å². The van der Waals surface area contributed by atoms with Gasteiger partial charge in [0.2, 0.25) is 11.1 Å². The lowest BCUT2D eigenvalue weighted by Crippen LogP contribution is -2.44. The monoisotopic (exact) mass is 373 g/mol. The Hall–Kier alpha value is -1.89. The van der Waals surface area contributed by atoms with E-state index < -0.39 is 0 Å². The van der Waals surface area contributed by atoms with Crippen molar-refractivity contribution in [3.8, 4) is 5.69 Å². The summed E-state index contributed by atoms with van der Waals surface area (Å²) in [5.74, 6) is 1.57. The highest BCUT2D eigenvalue weighted by atomic mass is 32.2. The molecule has 3 atom stereocenters. The first kappa shape index (κ1) is 18.9.